The summed E-state index contributed by atoms with van der Waals surface area (Å²) in [6, 6.07) is 20.5. The summed E-state index contributed by atoms with van der Waals surface area (Å²) in [6.07, 6.45) is 0. The van der Waals surface area contributed by atoms with Gasteiger partial charge in [-0.05, 0) is 51.9 Å². The molecule has 3 rings (SSSR count). The van der Waals surface area contributed by atoms with E-state index in [-0.39, 0.29) is 5.78 Å². The van der Waals surface area contributed by atoms with Gasteiger partial charge < -0.3 is 0 Å². The van der Waals surface area contributed by atoms with E-state index in [1.165, 1.54) is 19.9 Å². The van der Waals surface area contributed by atoms with Crippen molar-refractivity contribution in [3.8, 4) is 11.1 Å². The first-order valence-electron chi connectivity index (χ1n) is 6.45. The monoisotopic (exact) mass is 372 g/mol. The van der Waals surface area contributed by atoms with Crippen LogP contribution >= 0.6 is 22.6 Å². The zero-order valence-electron chi connectivity index (χ0n) is 11.1. The molecule has 0 radical (unpaired) electrons. The van der Waals surface area contributed by atoms with Crippen LogP contribution in [0.3, 0.4) is 0 Å². The van der Waals surface area contributed by atoms with Crippen molar-refractivity contribution in [3.05, 3.63) is 69.8 Å². The predicted molar refractivity (Wildman–Crippen MR) is 92.1 cm³/mol. The van der Waals surface area contributed by atoms with Crippen molar-refractivity contribution in [2.75, 3.05) is 0 Å². The number of benzene rings is 3. The van der Waals surface area contributed by atoms with Gasteiger partial charge >= 0.3 is 0 Å². The first kappa shape index (κ1) is 13.3. The third-order valence-corrected chi connectivity index (χ3v) is 4.36. The molecular formula is C18H13IO. The Morgan fingerprint density at radius 2 is 1.60 bits per heavy atom. The Morgan fingerprint density at radius 3 is 2.30 bits per heavy atom. The van der Waals surface area contributed by atoms with E-state index in [0.29, 0.717) is 0 Å². The van der Waals surface area contributed by atoms with Gasteiger partial charge in [0, 0.05) is 14.7 Å². The standard InChI is InChI=1S/C18H13IO/c1-12(20)13-6-8-15(9-7-13)18-16-5-3-2-4-14(16)10-11-17(18)19/h2-11H,1H3. The summed E-state index contributed by atoms with van der Waals surface area (Å²) in [6.45, 7) is 1.59. The molecule has 0 heterocycles. The molecule has 0 aliphatic rings. The summed E-state index contributed by atoms with van der Waals surface area (Å²) >= 11 is 2.37. The average Bonchev–Trinajstić information content (AvgIpc) is 2.47. The third kappa shape index (κ3) is 2.36. The van der Waals surface area contributed by atoms with Crippen LogP contribution in [0.5, 0.6) is 0 Å². The SMILES string of the molecule is CC(=O)c1ccc(-c2c(I)ccc3ccccc23)cc1. The smallest absolute Gasteiger partial charge is 0.159 e. The number of ketones is 1. The largest absolute Gasteiger partial charge is 0.295 e. The van der Waals surface area contributed by atoms with Crippen LogP contribution in [0.2, 0.25) is 0 Å². The van der Waals surface area contributed by atoms with Crippen molar-refractivity contribution >= 4 is 39.1 Å². The minimum Gasteiger partial charge on any atom is -0.295 e. The predicted octanol–water partition coefficient (Wildman–Crippen LogP) is 5.31. The lowest BCUT2D eigenvalue weighted by molar-refractivity contribution is 0.101. The van der Waals surface area contributed by atoms with Gasteiger partial charge in [-0.2, -0.15) is 0 Å². The maximum Gasteiger partial charge on any atom is 0.159 e. The quantitative estimate of drug-likeness (QED) is 0.440. The van der Waals surface area contributed by atoms with E-state index in [1.807, 2.05) is 24.3 Å². The molecule has 0 saturated carbocycles. The Balaban J connectivity index is 2.23. The second-order valence-electron chi connectivity index (χ2n) is 4.78. The zero-order valence-corrected chi connectivity index (χ0v) is 13.2. The summed E-state index contributed by atoms with van der Waals surface area (Å²) in [7, 11) is 0. The summed E-state index contributed by atoms with van der Waals surface area (Å²) in [4.78, 5) is 11.4. The molecule has 3 aromatic carbocycles. The maximum atomic E-state index is 11.4. The van der Waals surface area contributed by atoms with Crippen LogP contribution in [0.4, 0.5) is 0 Å². The van der Waals surface area contributed by atoms with Gasteiger partial charge in [0.15, 0.2) is 5.78 Å². The summed E-state index contributed by atoms with van der Waals surface area (Å²) < 4.78 is 1.22. The number of rotatable bonds is 2. The highest BCUT2D eigenvalue weighted by Crippen LogP contribution is 2.33. The van der Waals surface area contributed by atoms with Gasteiger partial charge in [0.05, 0.1) is 0 Å². The second-order valence-corrected chi connectivity index (χ2v) is 5.94. The molecule has 0 amide bonds. The fraction of sp³-hybridized carbons (Fsp3) is 0.0556. The van der Waals surface area contributed by atoms with E-state index in [0.717, 1.165) is 11.1 Å². The van der Waals surface area contributed by atoms with Gasteiger partial charge in [0.1, 0.15) is 0 Å². The Morgan fingerprint density at radius 1 is 0.900 bits per heavy atom. The lowest BCUT2D eigenvalue weighted by atomic mass is 9.97. The van der Waals surface area contributed by atoms with Gasteiger partial charge in [-0.1, -0.05) is 54.6 Å². The number of Topliss-reactive ketones (excluding diaryl/α,β-unsaturated/α-hetero) is 1. The van der Waals surface area contributed by atoms with E-state index >= 15 is 0 Å². The molecule has 0 saturated heterocycles. The van der Waals surface area contributed by atoms with Crippen LogP contribution in [-0.2, 0) is 0 Å². The molecule has 0 spiro atoms. The minimum absolute atomic E-state index is 0.101. The molecule has 0 aliphatic carbocycles. The highest BCUT2D eigenvalue weighted by Gasteiger charge is 2.08. The van der Waals surface area contributed by atoms with Crippen molar-refractivity contribution in [2.24, 2.45) is 0 Å². The summed E-state index contributed by atoms with van der Waals surface area (Å²) in [5.41, 5.74) is 3.14. The molecule has 3 aromatic rings. The molecule has 0 N–H and O–H groups in total. The van der Waals surface area contributed by atoms with Gasteiger partial charge in [-0.25, -0.2) is 0 Å². The number of fused-ring (bicyclic) bond motifs is 1. The van der Waals surface area contributed by atoms with Crippen molar-refractivity contribution in [1.82, 2.24) is 0 Å². The molecule has 0 fully saturated rings. The first-order valence-corrected chi connectivity index (χ1v) is 7.53. The molecule has 98 valence electrons. The van der Waals surface area contributed by atoms with E-state index < -0.39 is 0 Å². The molecule has 0 aromatic heterocycles. The molecule has 0 unspecified atom stereocenters. The number of carbonyl (C=O) groups is 1. The fourth-order valence-electron chi connectivity index (χ4n) is 2.41. The molecule has 0 atom stereocenters. The van der Waals surface area contributed by atoms with Gasteiger partial charge in [-0.15, -0.1) is 0 Å². The number of carbonyl (C=O) groups excluding carboxylic acids is 1. The minimum atomic E-state index is 0.101. The Kier molecular flexibility index (Phi) is 3.57. The van der Waals surface area contributed by atoms with Crippen LogP contribution < -0.4 is 0 Å². The second kappa shape index (κ2) is 5.37. The van der Waals surface area contributed by atoms with Gasteiger partial charge in [0.2, 0.25) is 0 Å². The van der Waals surface area contributed by atoms with Crippen molar-refractivity contribution < 1.29 is 4.79 Å². The molecule has 0 aliphatic heterocycles. The molecular weight excluding hydrogens is 359 g/mol. The average molecular weight is 372 g/mol. The Hall–Kier alpha value is -1.68. The molecule has 0 bridgehead atoms. The van der Waals surface area contributed by atoms with Crippen LogP contribution in [0, 0.1) is 3.57 Å². The lowest BCUT2D eigenvalue weighted by Gasteiger charge is -2.10. The van der Waals surface area contributed by atoms with E-state index in [4.69, 9.17) is 0 Å². The van der Waals surface area contributed by atoms with E-state index in [1.54, 1.807) is 6.92 Å². The van der Waals surface area contributed by atoms with E-state index in [9.17, 15) is 4.79 Å². The number of halogens is 1. The van der Waals surface area contributed by atoms with Crippen LogP contribution in [0.25, 0.3) is 21.9 Å². The molecule has 2 heteroatoms. The number of hydrogen-bond donors (Lipinski definition) is 0. The van der Waals surface area contributed by atoms with Gasteiger partial charge in [-0.3, -0.25) is 4.79 Å². The Bertz CT molecular complexity index is 788. The Labute approximate surface area is 131 Å². The lowest BCUT2D eigenvalue weighted by Crippen LogP contribution is -1.92. The maximum absolute atomic E-state index is 11.4. The van der Waals surface area contributed by atoms with Crippen LogP contribution in [0.15, 0.2) is 60.7 Å². The normalized spacial score (nSPS) is 10.7. The fourth-order valence-corrected chi connectivity index (χ4v) is 3.19. The third-order valence-electron chi connectivity index (χ3n) is 3.46. The topological polar surface area (TPSA) is 17.1 Å². The first-order chi connectivity index (χ1) is 9.66. The van der Waals surface area contributed by atoms with E-state index in [2.05, 4.69) is 59.0 Å². The van der Waals surface area contributed by atoms with Crippen molar-refractivity contribution in [2.45, 2.75) is 6.92 Å². The van der Waals surface area contributed by atoms with Crippen molar-refractivity contribution in [1.29, 1.82) is 0 Å². The summed E-state index contributed by atoms with van der Waals surface area (Å²) in [5, 5.41) is 2.48. The highest BCUT2D eigenvalue weighted by atomic mass is 127. The zero-order chi connectivity index (χ0) is 14.1. The van der Waals surface area contributed by atoms with Crippen LogP contribution in [0.1, 0.15) is 17.3 Å². The van der Waals surface area contributed by atoms with Crippen molar-refractivity contribution in [3.63, 3.8) is 0 Å². The summed E-state index contributed by atoms with van der Waals surface area (Å²) in [5.74, 6) is 0.101. The molecule has 1 nitrogen and oxygen atoms in total. The highest BCUT2D eigenvalue weighted by molar-refractivity contribution is 14.1. The van der Waals surface area contributed by atoms with Crippen LogP contribution in [-0.4, -0.2) is 5.78 Å². The van der Waals surface area contributed by atoms with Gasteiger partial charge in [0.25, 0.3) is 0 Å². The number of hydrogen-bond acceptors (Lipinski definition) is 1. The molecule has 20 heavy (non-hydrogen) atoms.